The Kier molecular flexibility index (Phi) is 4.71. The first-order valence-corrected chi connectivity index (χ1v) is 8.27. The Morgan fingerprint density at radius 1 is 1.30 bits per heavy atom. The summed E-state index contributed by atoms with van der Waals surface area (Å²) in [6.07, 6.45) is 4.86. The maximum absolute atomic E-state index is 12.8. The lowest BCUT2D eigenvalue weighted by atomic mass is 9.79. The minimum atomic E-state index is -0.286. The Bertz CT molecular complexity index is 557. The Hall–Kier alpha value is -1.82. The summed E-state index contributed by atoms with van der Waals surface area (Å²) in [5.41, 5.74) is -0.286. The van der Waals surface area contributed by atoms with Gasteiger partial charge in [0, 0.05) is 33.3 Å². The third-order valence-corrected chi connectivity index (χ3v) is 5.13. The van der Waals surface area contributed by atoms with E-state index in [2.05, 4.69) is 0 Å². The molecule has 1 spiro atoms. The van der Waals surface area contributed by atoms with E-state index in [9.17, 15) is 9.59 Å². The highest BCUT2D eigenvalue weighted by atomic mass is 16.5. The van der Waals surface area contributed by atoms with Gasteiger partial charge in [0.25, 0.3) is 5.91 Å². The van der Waals surface area contributed by atoms with E-state index in [0.717, 1.165) is 32.2 Å². The van der Waals surface area contributed by atoms with Crippen LogP contribution in [0.2, 0.25) is 0 Å². The highest BCUT2D eigenvalue weighted by Crippen LogP contribution is 2.41. The molecule has 1 aromatic heterocycles. The molecule has 6 nitrogen and oxygen atoms in total. The highest BCUT2D eigenvalue weighted by Gasteiger charge is 2.47. The predicted octanol–water partition coefficient (Wildman–Crippen LogP) is 1.77. The van der Waals surface area contributed by atoms with Crippen molar-refractivity contribution in [2.75, 3.05) is 39.9 Å². The molecule has 2 amide bonds. The lowest BCUT2D eigenvalue weighted by molar-refractivity contribution is -0.137. The van der Waals surface area contributed by atoms with Crippen LogP contribution in [-0.4, -0.2) is 61.5 Å². The zero-order valence-electron chi connectivity index (χ0n) is 13.6. The van der Waals surface area contributed by atoms with E-state index < -0.39 is 0 Å². The molecule has 2 aliphatic heterocycles. The van der Waals surface area contributed by atoms with Gasteiger partial charge in [-0.1, -0.05) is 0 Å². The van der Waals surface area contributed by atoms with Crippen LogP contribution in [0.4, 0.5) is 0 Å². The molecular weight excluding hydrogens is 296 g/mol. The van der Waals surface area contributed by atoms with Crippen molar-refractivity contribution in [1.82, 2.24) is 9.80 Å². The van der Waals surface area contributed by atoms with Crippen molar-refractivity contribution in [3.63, 3.8) is 0 Å². The largest absolute Gasteiger partial charge is 0.459 e. The first-order chi connectivity index (χ1) is 11.2. The number of nitrogens with zero attached hydrogens (tertiary/aromatic N) is 2. The van der Waals surface area contributed by atoms with Crippen molar-refractivity contribution in [2.45, 2.75) is 25.7 Å². The summed E-state index contributed by atoms with van der Waals surface area (Å²) in [6.45, 7) is 3.33. The van der Waals surface area contributed by atoms with Crippen LogP contribution in [-0.2, 0) is 9.53 Å². The average Bonchev–Trinajstić information content (AvgIpc) is 3.12. The van der Waals surface area contributed by atoms with Crippen LogP contribution in [0, 0.1) is 5.41 Å². The molecule has 2 fully saturated rings. The van der Waals surface area contributed by atoms with E-state index in [0.29, 0.717) is 32.0 Å². The molecule has 3 heterocycles. The number of methoxy groups -OCH3 is 1. The number of likely N-dealkylation sites (tertiary alicyclic amines) is 2. The maximum atomic E-state index is 12.8. The van der Waals surface area contributed by atoms with Gasteiger partial charge >= 0.3 is 0 Å². The fourth-order valence-electron chi connectivity index (χ4n) is 3.72. The molecule has 1 atom stereocenters. The molecule has 0 unspecified atom stereocenters. The van der Waals surface area contributed by atoms with E-state index in [1.165, 1.54) is 6.26 Å². The Morgan fingerprint density at radius 2 is 2.13 bits per heavy atom. The molecule has 2 aliphatic rings. The molecule has 0 bridgehead atoms. The molecule has 126 valence electrons. The number of amides is 2. The zero-order valence-corrected chi connectivity index (χ0v) is 13.6. The van der Waals surface area contributed by atoms with E-state index in [4.69, 9.17) is 9.15 Å². The molecular formula is C17H24N2O4. The van der Waals surface area contributed by atoms with Crippen LogP contribution in [0.5, 0.6) is 0 Å². The third kappa shape index (κ3) is 3.13. The standard InChI is InChI=1S/C17H24N2O4/c1-22-13-11-19-10-7-17(16(19)21)5-3-8-18(9-6-17)15(20)14-4-2-12-23-14/h2,4,12H,3,5-11,13H2,1H3/t17-/m1/s1. The van der Waals surface area contributed by atoms with Crippen LogP contribution >= 0.6 is 0 Å². The van der Waals surface area contributed by atoms with Crippen molar-refractivity contribution in [3.8, 4) is 0 Å². The summed E-state index contributed by atoms with van der Waals surface area (Å²) in [5.74, 6) is 0.538. The van der Waals surface area contributed by atoms with Gasteiger partial charge in [0.15, 0.2) is 5.76 Å². The van der Waals surface area contributed by atoms with Crippen molar-refractivity contribution in [2.24, 2.45) is 5.41 Å². The fraction of sp³-hybridized carbons (Fsp3) is 0.647. The molecule has 0 radical (unpaired) electrons. The summed E-state index contributed by atoms with van der Waals surface area (Å²) in [5, 5.41) is 0. The van der Waals surface area contributed by atoms with E-state index in [1.807, 2.05) is 9.80 Å². The number of carbonyl (C=O) groups is 2. The molecule has 0 aliphatic carbocycles. The van der Waals surface area contributed by atoms with Gasteiger partial charge in [0.1, 0.15) is 0 Å². The number of carbonyl (C=O) groups excluding carboxylic acids is 2. The highest BCUT2D eigenvalue weighted by molar-refractivity contribution is 5.91. The van der Waals surface area contributed by atoms with Gasteiger partial charge in [-0.3, -0.25) is 9.59 Å². The van der Waals surface area contributed by atoms with Gasteiger partial charge in [0.05, 0.1) is 18.3 Å². The lowest BCUT2D eigenvalue weighted by Crippen LogP contribution is -2.37. The van der Waals surface area contributed by atoms with Gasteiger partial charge in [0.2, 0.25) is 5.91 Å². The number of hydrogen-bond donors (Lipinski definition) is 0. The molecule has 6 heteroatoms. The average molecular weight is 320 g/mol. The minimum Gasteiger partial charge on any atom is -0.459 e. The molecule has 23 heavy (non-hydrogen) atoms. The quantitative estimate of drug-likeness (QED) is 0.848. The van der Waals surface area contributed by atoms with Crippen molar-refractivity contribution < 1.29 is 18.7 Å². The van der Waals surface area contributed by atoms with Crippen molar-refractivity contribution in [3.05, 3.63) is 24.2 Å². The van der Waals surface area contributed by atoms with Crippen LogP contribution in [0.3, 0.4) is 0 Å². The normalized spacial score (nSPS) is 25.2. The number of ether oxygens (including phenoxy) is 1. The predicted molar refractivity (Wildman–Crippen MR) is 84.0 cm³/mol. The summed E-state index contributed by atoms with van der Waals surface area (Å²) >= 11 is 0. The fourth-order valence-corrected chi connectivity index (χ4v) is 3.72. The summed E-state index contributed by atoms with van der Waals surface area (Å²) < 4.78 is 10.3. The maximum Gasteiger partial charge on any atom is 0.289 e. The number of rotatable bonds is 4. The molecule has 0 saturated carbocycles. The van der Waals surface area contributed by atoms with Gasteiger partial charge in [-0.2, -0.15) is 0 Å². The van der Waals surface area contributed by atoms with E-state index in [1.54, 1.807) is 19.2 Å². The Labute approximate surface area is 136 Å². The monoisotopic (exact) mass is 320 g/mol. The summed E-state index contributed by atoms with van der Waals surface area (Å²) in [4.78, 5) is 28.9. The van der Waals surface area contributed by atoms with Gasteiger partial charge in [-0.05, 0) is 37.8 Å². The second-order valence-electron chi connectivity index (χ2n) is 6.44. The third-order valence-electron chi connectivity index (χ3n) is 5.13. The molecule has 2 saturated heterocycles. The van der Waals surface area contributed by atoms with Crippen LogP contribution in [0.1, 0.15) is 36.2 Å². The van der Waals surface area contributed by atoms with Crippen LogP contribution < -0.4 is 0 Å². The van der Waals surface area contributed by atoms with Crippen molar-refractivity contribution in [1.29, 1.82) is 0 Å². The number of furan rings is 1. The molecule has 0 aromatic carbocycles. The zero-order chi connectivity index (χ0) is 16.3. The Balaban J connectivity index is 1.64. The van der Waals surface area contributed by atoms with Crippen molar-refractivity contribution >= 4 is 11.8 Å². The molecule has 1 aromatic rings. The number of hydrogen-bond acceptors (Lipinski definition) is 4. The minimum absolute atomic E-state index is 0.0752. The lowest BCUT2D eigenvalue weighted by Gasteiger charge is -2.26. The smallest absolute Gasteiger partial charge is 0.289 e. The first-order valence-electron chi connectivity index (χ1n) is 8.27. The summed E-state index contributed by atoms with van der Waals surface area (Å²) in [7, 11) is 1.65. The topological polar surface area (TPSA) is 63.0 Å². The van der Waals surface area contributed by atoms with Gasteiger partial charge in [-0.15, -0.1) is 0 Å². The molecule has 0 N–H and O–H groups in total. The Morgan fingerprint density at radius 3 is 2.87 bits per heavy atom. The van der Waals surface area contributed by atoms with Gasteiger partial charge in [-0.25, -0.2) is 0 Å². The van der Waals surface area contributed by atoms with Crippen LogP contribution in [0.15, 0.2) is 22.8 Å². The van der Waals surface area contributed by atoms with E-state index >= 15 is 0 Å². The molecule has 3 rings (SSSR count). The first kappa shape index (κ1) is 16.1. The SMILES string of the molecule is COCCN1CC[C@]2(CCCN(C(=O)c3ccco3)CC2)C1=O. The second kappa shape index (κ2) is 6.74. The van der Waals surface area contributed by atoms with Gasteiger partial charge < -0.3 is 19.0 Å². The summed E-state index contributed by atoms with van der Waals surface area (Å²) in [6, 6.07) is 3.41. The second-order valence-corrected chi connectivity index (χ2v) is 6.44. The van der Waals surface area contributed by atoms with E-state index in [-0.39, 0.29) is 17.2 Å². The van der Waals surface area contributed by atoms with Crippen LogP contribution in [0.25, 0.3) is 0 Å².